The van der Waals surface area contributed by atoms with Gasteiger partial charge in [0.25, 0.3) is 5.91 Å². The number of carbonyl (C=O) groups excluding carboxylic acids is 2. The van der Waals surface area contributed by atoms with E-state index in [0.717, 1.165) is 17.7 Å². The van der Waals surface area contributed by atoms with Crippen LogP contribution >= 0.6 is 11.8 Å². The Morgan fingerprint density at radius 1 is 1.28 bits per heavy atom. The number of hydrogen-bond donors (Lipinski definition) is 1. The standard InChI is InChI=1S/C19H21NO4S/c1-13(17-6-3-9-23-17)20-18(21)11-24-19(22)12-25-16-8-7-14-4-2-5-15(14)10-16/h3,6-10,13H,2,4-5,11-12H2,1H3,(H,20,21)/t13-/m1/s1. The van der Waals surface area contributed by atoms with Crippen LogP contribution < -0.4 is 5.32 Å². The van der Waals surface area contributed by atoms with Crippen molar-refractivity contribution in [2.75, 3.05) is 12.4 Å². The number of nitrogens with one attached hydrogen (secondary N) is 1. The number of amides is 1. The average molecular weight is 359 g/mol. The van der Waals surface area contributed by atoms with Crippen molar-refractivity contribution in [3.63, 3.8) is 0 Å². The maximum atomic E-state index is 11.8. The predicted octanol–water partition coefficient (Wildman–Crippen LogP) is 3.28. The molecule has 0 bridgehead atoms. The van der Waals surface area contributed by atoms with E-state index in [1.807, 2.05) is 13.0 Å². The van der Waals surface area contributed by atoms with Crippen molar-refractivity contribution in [3.8, 4) is 0 Å². The number of ether oxygens (including phenoxy) is 1. The van der Waals surface area contributed by atoms with Gasteiger partial charge in [0.2, 0.25) is 0 Å². The molecule has 0 aliphatic heterocycles. The van der Waals surface area contributed by atoms with Gasteiger partial charge in [-0.05, 0) is 61.6 Å². The van der Waals surface area contributed by atoms with Crippen molar-refractivity contribution in [1.29, 1.82) is 0 Å². The third kappa shape index (κ3) is 4.89. The van der Waals surface area contributed by atoms with Gasteiger partial charge in [-0.25, -0.2) is 0 Å². The topological polar surface area (TPSA) is 68.5 Å². The first-order valence-corrected chi connectivity index (χ1v) is 9.33. The fourth-order valence-electron chi connectivity index (χ4n) is 2.86. The molecule has 1 aliphatic rings. The molecule has 0 saturated carbocycles. The van der Waals surface area contributed by atoms with E-state index in [-0.39, 0.29) is 24.3 Å². The Morgan fingerprint density at radius 3 is 2.92 bits per heavy atom. The summed E-state index contributed by atoms with van der Waals surface area (Å²) in [6.45, 7) is 1.52. The first kappa shape index (κ1) is 17.6. The number of benzene rings is 1. The van der Waals surface area contributed by atoms with Gasteiger partial charge in [-0.2, -0.15) is 0 Å². The lowest BCUT2D eigenvalue weighted by atomic mass is 10.1. The second kappa shape index (κ2) is 8.25. The Bertz CT molecular complexity index is 742. The van der Waals surface area contributed by atoms with Crippen molar-refractivity contribution in [1.82, 2.24) is 5.32 Å². The zero-order chi connectivity index (χ0) is 17.6. The lowest BCUT2D eigenvalue weighted by molar-refractivity contribution is -0.146. The van der Waals surface area contributed by atoms with E-state index >= 15 is 0 Å². The highest BCUT2D eigenvalue weighted by Crippen LogP contribution is 2.27. The van der Waals surface area contributed by atoms with Gasteiger partial charge in [-0.1, -0.05) is 6.07 Å². The monoisotopic (exact) mass is 359 g/mol. The van der Waals surface area contributed by atoms with Gasteiger partial charge in [0.15, 0.2) is 6.61 Å². The van der Waals surface area contributed by atoms with Gasteiger partial charge in [0.1, 0.15) is 5.76 Å². The Balaban J connectivity index is 1.38. The van der Waals surface area contributed by atoms with E-state index < -0.39 is 5.97 Å². The van der Waals surface area contributed by atoms with Gasteiger partial charge in [0, 0.05) is 4.90 Å². The number of furan rings is 1. The summed E-state index contributed by atoms with van der Waals surface area (Å²) in [5, 5.41) is 2.72. The van der Waals surface area contributed by atoms with Crippen LogP contribution in [0.5, 0.6) is 0 Å². The summed E-state index contributed by atoms with van der Waals surface area (Å²) < 4.78 is 10.2. The van der Waals surface area contributed by atoms with Crippen molar-refractivity contribution in [2.24, 2.45) is 0 Å². The molecule has 1 atom stereocenters. The molecule has 0 saturated heterocycles. The van der Waals surface area contributed by atoms with Gasteiger partial charge >= 0.3 is 5.97 Å². The second-order valence-corrected chi connectivity index (χ2v) is 7.09. The zero-order valence-electron chi connectivity index (χ0n) is 14.1. The number of rotatable bonds is 7. The number of aryl methyl sites for hydroxylation is 2. The Hall–Kier alpha value is -2.21. The molecule has 1 aromatic heterocycles. The normalized spacial score (nSPS) is 14.0. The minimum absolute atomic E-state index is 0.194. The van der Waals surface area contributed by atoms with Crippen molar-refractivity contribution in [2.45, 2.75) is 37.1 Å². The molecule has 1 heterocycles. The molecule has 0 spiro atoms. The van der Waals surface area contributed by atoms with Crippen LogP contribution in [-0.2, 0) is 27.2 Å². The zero-order valence-corrected chi connectivity index (χ0v) is 14.9. The molecule has 1 aromatic carbocycles. The third-order valence-corrected chi connectivity index (χ3v) is 5.11. The Labute approximate surface area is 151 Å². The maximum absolute atomic E-state index is 11.8. The molecule has 3 rings (SSSR count). The van der Waals surface area contributed by atoms with Crippen LogP contribution in [0.15, 0.2) is 45.9 Å². The fourth-order valence-corrected chi connectivity index (χ4v) is 3.62. The Morgan fingerprint density at radius 2 is 2.12 bits per heavy atom. The highest BCUT2D eigenvalue weighted by Gasteiger charge is 2.15. The van der Waals surface area contributed by atoms with E-state index in [0.29, 0.717) is 5.76 Å². The summed E-state index contributed by atoms with van der Waals surface area (Å²) >= 11 is 1.44. The molecule has 0 unspecified atom stereocenters. The third-order valence-electron chi connectivity index (χ3n) is 4.14. The van der Waals surface area contributed by atoms with E-state index in [1.54, 1.807) is 18.4 Å². The van der Waals surface area contributed by atoms with Crippen LogP contribution in [0.25, 0.3) is 0 Å². The van der Waals surface area contributed by atoms with Crippen molar-refractivity contribution < 1.29 is 18.7 Å². The molecule has 6 heteroatoms. The van der Waals surface area contributed by atoms with Gasteiger partial charge in [-0.3, -0.25) is 9.59 Å². The average Bonchev–Trinajstić information content (AvgIpc) is 3.28. The minimum Gasteiger partial charge on any atom is -0.467 e. The first-order valence-electron chi connectivity index (χ1n) is 8.35. The summed E-state index contributed by atoms with van der Waals surface area (Å²) in [6, 6.07) is 9.61. The summed E-state index contributed by atoms with van der Waals surface area (Å²) in [6.07, 6.45) is 5.02. The van der Waals surface area contributed by atoms with E-state index in [2.05, 4.69) is 17.4 Å². The molecule has 0 radical (unpaired) electrons. The van der Waals surface area contributed by atoms with Crippen molar-refractivity contribution >= 4 is 23.6 Å². The number of esters is 1. The summed E-state index contributed by atoms with van der Waals surface area (Å²) in [5.74, 6) is 0.109. The van der Waals surface area contributed by atoms with Crippen molar-refractivity contribution in [3.05, 3.63) is 53.5 Å². The van der Waals surface area contributed by atoms with Gasteiger partial charge in [0.05, 0.1) is 18.1 Å². The molecule has 1 N–H and O–H groups in total. The van der Waals surface area contributed by atoms with Gasteiger partial charge < -0.3 is 14.5 Å². The molecule has 25 heavy (non-hydrogen) atoms. The van der Waals surface area contributed by atoms with E-state index in [1.165, 1.54) is 29.3 Å². The van der Waals surface area contributed by atoms with Crippen LogP contribution in [-0.4, -0.2) is 24.2 Å². The lowest BCUT2D eigenvalue weighted by Gasteiger charge is -2.11. The van der Waals surface area contributed by atoms with Gasteiger partial charge in [-0.15, -0.1) is 11.8 Å². The predicted molar refractivity (Wildman–Crippen MR) is 95.4 cm³/mol. The number of fused-ring (bicyclic) bond motifs is 1. The highest BCUT2D eigenvalue weighted by atomic mass is 32.2. The molecule has 1 amide bonds. The first-order chi connectivity index (χ1) is 12.1. The van der Waals surface area contributed by atoms with Crippen LogP contribution in [0.4, 0.5) is 0 Å². The Kier molecular flexibility index (Phi) is 5.81. The van der Waals surface area contributed by atoms with Crippen LogP contribution in [0.3, 0.4) is 0 Å². The number of thioether (sulfide) groups is 1. The molecule has 2 aromatic rings. The summed E-state index contributed by atoms with van der Waals surface area (Å²) in [7, 11) is 0. The van der Waals surface area contributed by atoms with Crippen LogP contribution in [0.1, 0.15) is 36.3 Å². The largest absolute Gasteiger partial charge is 0.467 e. The number of hydrogen-bond acceptors (Lipinski definition) is 5. The van der Waals surface area contributed by atoms with E-state index in [9.17, 15) is 9.59 Å². The highest BCUT2D eigenvalue weighted by molar-refractivity contribution is 8.00. The summed E-state index contributed by atoms with van der Waals surface area (Å²) in [4.78, 5) is 24.7. The summed E-state index contributed by atoms with van der Waals surface area (Å²) in [5.41, 5.74) is 2.79. The minimum atomic E-state index is -0.397. The molecular formula is C19H21NO4S. The fraction of sp³-hybridized carbons (Fsp3) is 0.368. The molecule has 0 fully saturated rings. The van der Waals surface area contributed by atoms with Crippen LogP contribution in [0, 0.1) is 0 Å². The molecule has 132 valence electrons. The smallest absolute Gasteiger partial charge is 0.316 e. The molecule has 5 nitrogen and oxygen atoms in total. The maximum Gasteiger partial charge on any atom is 0.316 e. The van der Waals surface area contributed by atoms with E-state index in [4.69, 9.17) is 9.15 Å². The molecular weight excluding hydrogens is 338 g/mol. The quantitative estimate of drug-likeness (QED) is 0.607. The number of carbonyl (C=O) groups is 2. The lowest BCUT2D eigenvalue weighted by Crippen LogP contribution is -2.31. The van der Waals surface area contributed by atoms with Crippen LogP contribution in [0.2, 0.25) is 0 Å². The second-order valence-electron chi connectivity index (χ2n) is 6.04. The SMILES string of the molecule is C[C@@H](NC(=O)COC(=O)CSc1ccc2c(c1)CCC2)c1ccco1. The molecule has 1 aliphatic carbocycles.